The molecule has 0 saturated carbocycles. The van der Waals surface area contributed by atoms with Crippen molar-refractivity contribution < 1.29 is 0 Å². The molecule has 0 unspecified atom stereocenters. The van der Waals surface area contributed by atoms with Crippen molar-refractivity contribution in [3.63, 3.8) is 0 Å². The molecule has 0 radical (unpaired) electrons. The van der Waals surface area contributed by atoms with Gasteiger partial charge in [-0.3, -0.25) is 4.68 Å². The highest BCUT2D eigenvalue weighted by molar-refractivity contribution is 5.51. The molecule has 64 valence electrons. The lowest BCUT2D eigenvalue weighted by Gasteiger charge is -1.92. The van der Waals surface area contributed by atoms with Crippen molar-refractivity contribution in [3.8, 4) is 6.07 Å². The molecule has 0 aliphatic rings. The summed E-state index contributed by atoms with van der Waals surface area (Å²) in [5, 5.41) is 15.7. The van der Waals surface area contributed by atoms with Crippen LogP contribution in [0.3, 0.4) is 0 Å². The highest BCUT2D eigenvalue weighted by Crippen LogP contribution is 2.13. The van der Waals surface area contributed by atoms with Crippen LogP contribution in [0.25, 0.3) is 0 Å². The van der Waals surface area contributed by atoms with E-state index in [1.165, 1.54) is 4.68 Å². The zero-order valence-corrected chi connectivity index (χ0v) is 7.13. The van der Waals surface area contributed by atoms with Crippen LogP contribution in [0.2, 0.25) is 0 Å². The molecule has 5 nitrogen and oxygen atoms in total. The smallest absolute Gasteiger partial charge is 0.139 e. The van der Waals surface area contributed by atoms with Crippen LogP contribution in [-0.2, 0) is 13.6 Å². The molecule has 0 atom stereocenters. The summed E-state index contributed by atoms with van der Waals surface area (Å²) >= 11 is 0. The van der Waals surface area contributed by atoms with Crippen molar-refractivity contribution >= 4 is 5.82 Å². The molecule has 0 aromatic carbocycles. The summed E-state index contributed by atoms with van der Waals surface area (Å²) in [6.07, 6.45) is 0. The van der Waals surface area contributed by atoms with E-state index >= 15 is 0 Å². The Bertz CT molecular complexity index is 319. The SMILES string of the molecule is CNCc1nn(C)c(N)c1C#N. The van der Waals surface area contributed by atoms with Crippen LogP contribution in [0.15, 0.2) is 0 Å². The zero-order chi connectivity index (χ0) is 9.14. The van der Waals surface area contributed by atoms with Gasteiger partial charge in [-0.15, -0.1) is 0 Å². The fourth-order valence-corrected chi connectivity index (χ4v) is 1.01. The number of hydrogen-bond acceptors (Lipinski definition) is 4. The molecule has 0 saturated heterocycles. The number of aromatic nitrogens is 2. The lowest BCUT2D eigenvalue weighted by Crippen LogP contribution is -2.07. The summed E-state index contributed by atoms with van der Waals surface area (Å²) in [6.45, 7) is 0.563. The van der Waals surface area contributed by atoms with Crippen LogP contribution in [0.1, 0.15) is 11.3 Å². The summed E-state index contributed by atoms with van der Waals surface area (Å²) in [6, 6.07) is 2.02. The Hall–Kier alpha value is -1.54. The van der Waals surface area contributed by atoms with Crippen molar-refractivity contribution in [1.29, 1.82) is 5.26 Å². The van der Waals surface area contributed by atoms with E-state index in [0.717, 1.165) is 0 Å². The van der Waals surface area contributed by atoms with Gasteiger partial charge in [-0.05, 0) is 7.05 Å². The maximum absolute atomic E-state index is 8.73. The molecule has 1 aromatic rings. The lowest BCUT2D eigenvalue weighted by molar-refractivity contribution is 0.717. The molecule has 0 amide bonds. The average molecular weight is 165 g/mol. The van der Waals surface area contributed by atoms with Crippen LogP contribution in [0, 0.1) is 11.3 Å². The molecular formula is C7H11N5. The van der Waals surface area contributed by atoms with Gasteiger partial charge in [-0.2, -0.15) is 10.4 Å². The Labute approximate surface area is 70.8 Å². The summed E-state index contributed by atoms with van der Waals surface area (Å²) in [5.74, 6) is 0.419. The fraction of sp³-hybridized carbons (Fsp3) is 0.429. The van der Waals surface area contributed by atoms with E-state index in [-0.39, 0.29) is 0 Å². The molecule has 1 rings (SSSR count). The number of nitrogens with one attached hydrogen (secondary N) is 1. The largest absolute Gasteiger partial charge is 0.383 e. The topological polar surface area (TPSA) is 79.7 Å². The molecule has 0 bridgehead atoms. The van der Waals surface area contributed by atoms with E-state index in [1.807, 2.05) is 6.07 Å². The van der Waals surface area contributed by atoms with Gasteiger partial charge in [0.05, 0.1) is 5.69 Å². The highest BCUT2D eigenvalue weighted by Gasteiger charge is 2.11. The summed E-state index contributed by atoms with van der Waals surface area (Å²) in [5.41, 5.74) is 6.75. The molecule has 3 N–H and O–H groups in total. The van der Waals surface area contributed by atoms with E-state index in [4.69, 9.17) is 11.0 Å². The highest BCUT2D eigenvalue weighted by atomic mass is 15.3. The van der Waals surface area contributed by atoms with Crippen molar-refractivity contribution in [2.24, 2.45) is 7.05 Å². The first-order valence-corrected chi connectivity index (χ1v) is 3.56. The van der Waals surface area contributed by atoms with Gasteiger partial charge in [0.2, 0.25) is 0 Å². The molecule has 0 aliphatic heterocycles. The van der Waals surface area contributed by atoms with E-state index < -0.39 is 0 Å². The molecule has 12 heavy (non-hydrogen) atoms. The van der Waals surface area contributed by atoms with Gasteiger partial charge in [-0.1, -0.05) is 0 Å². The Morgan fingerprint density at radius 3 is 2.92 bits per heavy atom. The first kappa shape index (κ1) is 8.56. The van der Waals surface area contributed by atoms with Crippen LogP contribution < -0.4 is 11.1 Å². The second-order valence-electron chi connectivity index (χ2n) is 2.47. The number of nitrogens with zero attached hydrogens (tertiary/aromatic N) is 3. The lowest BCUT2D eigenvalue weighted by atomic mass is 10.2. The third-order valence-corrected chi connectivity index (χ3v) is 1.62. The summed E-state index contributed by atoms with van der Waals surface area (Å²) in [4.78, 5) is 0. The second-order valence-corrected chi connectivity index (χ2v) is 2.47. The van der Waals surface area contributed by atoms with Crippen LogP contribution in [0.5, 0.6) is 0 Å². The minimum Gasteiger partial charge on any atom is -0.383 e. The number of rotatable bonds is 2. The fourth-order valence-electron chi connectivity index (χ4n) is 1.01. The first-order valence-electron chi connectivity index (χ1n) is 3.56. The molecular weight excluding hydrogens is 154 g/mol. The van der Waals surface area contributed by atoms with Gasteiger partial charge in [0.1, 0.15) is 17.5 Å². The van der Waals surface area contributed by atoms with Gasteiger partial charge < -0.3 is 11.1 Å². The summed E-state index contributed by atoms with van der Waals surface area (Å²) < 4.78 is 1.51. The molecule has 1 heterocycles. The Balaban J connectivity index is 3.13. The summed E-state index contributed by atoms with van der Waals surface area (Å²) in [7, 11) is 3.52. The van der Waals surface area contributed by atoms with Crippen LogP contribution in [0.4, 0.5) is 5.82 Å². The van der Waals surface area contributed by atoms with Gasteiger partial charge in [0.15, 0.2) is 0 Å². The quantitative estimate of drug-likeness (QED) is 0.624. The minimum atomic E-state index is 0.419. The number of aryl methyl sites for hydroxylation is 1. The Kier molecular flexibility index (Phi) is 2.31. The van der Waals surface area contributed by atoms with Crippen LogP contribution in [-0.4, -0.2) is 16.8 Å². The predicted octanol–water partition coefficient (Wildman–Crippen LogP) is -0.407. The molecule has 1 aromatic heterocycles. The average Bonchev–Trinajstić information content (AvgIpc) is 2.29. The number of nitrogen functional groups attached to an aromatic ring is 1. The third-order valence-electron chi connectivity index (χ3n) is 1.62. The zero-order valence-electron chi connectivity index (χ0n) is 7.13. The van der Waals surface area contributed by atoms with E-state index in [0.29, 0.717) is 23.6 Å². The first-order chi connectivity index (χ1) is 5.70. The maximum Gasteiger partial charge on any atom is 0.139 e. The molecule has 0 spiro atoms. The Morgan fingerprint density at radius 1 is 1.75 bits per heavy atom. The number of nitrogens with two attached hydrogens (primary N) is 1. The van der Waals surface area contributed by atoms with Crippen molar-refractivity contribution in [2.75, 3.05) is 12.8 Å². The Morgan fingerprint density at radius 2 is 2.42 bits per heavy atom. The minimum absolute atomic E-state index is 0.419. The van der Waals surface area contributed by atoms with Crippen molar-refractivity contribution in [3.05, 3.63) is 11.3 Å². The van der Waals surface area contributed by atoms with E-state index in [9.17, 15) is 0 Å². The number of nitriles is 1. The molecule has 0 aliphatic carbocycles. The van der Waals surface area contributed by atoms with Crippen LogP contribution >= 0.6 is 0 Å². The van der Waals surface area contributed by atoms with Gasteiger partial charge in [0, 0.05) is 13.6 Å². The molecule has 5 heteroatoms. The third kappa shape index (κ3) is 1.24. The second kappa shape index (κ2) is 3.24. The monoisotopic (exact) mass is 165 g/mol. The molecule has 0 fully saturated rings. The predicted molar refractivity (Wildman–Crippen MR) is 45.1 cm³/mol. The van der Waals surface area contributed by atoms with Gasteiger partial charge in [0.25, 0.3) is 0 Å². The van der Waals surface area contributed by atoms with Gasteiger partial charge >= 0.3 is 0 Å². The van der Waals surface area contributed by atoms with E-state index in [1.54, 1.807) is 14.1 Å². The number of hydrogen-bond donors (Lipinski definition) is 2. The van der Waals surface area contributed by atoms with Crippen molar-refractivity contribution in [2.45, 2.75) is 6.54 Å². The van der Waals surface area contributed by atoms with Crippen molar-refractivity contribution in [1.82, 2.24) is 15.1 Å². The van der Waals surface area contributed by atoms with E-state index in [2.05, 4.69) is 10.4 Å². The maximum atomic E-state index is 8.73. The standard InChI is InChI=1S/C7H11N5/c1-10-4-6-5(3-8)7(9)12(2)11-6/h10H,4,9H2,1-2H3. The number of anilines is 1. The van der Waals surface area contributed by atoms with Gasteiger partial charge in [-0.25, -0.2) is 0 Å². The normalized spacial score (nSPS) is 9.75.